The van der Waals surface area contributed by atoms with E-state index in [1.54, 1.807) is 19.2 Å². The molecule has 0 radical (unpaired) electrons. The lowest BCUT2D eigenvalue weighted by Crippen LogP contribution is -2.50. The van der Waals surface area contributed by atoms with E-state index in [2.05, 4.69) is 23.5 Å². The van der Waals surface area contributed by atoms with Crippen molar-refractivity contribution in [1.82, 2.24) is 10.2 Å². The fraction of sp³-hybridized carbons (Fsp3) is 0.360. The first-order chi connectivity index (χ1) is 14.6. The average molecular weight is 405 g/mol. The Morgan fingerprint density at radius 1 is 1.10 bits per heavy atom. The van der Waals surface area contributed by atoms with Crippen LogP contribution in [0.5, 0.6) is 5.75 Å². The molecule has 1 N–H and O–H groups in total. The zero-order valence-corrected chi connectivity index (χ0v) is 17.4. The van der Waals surface area contributed by atoms with Gasteiger partial charge in [0.2, 0.25) is 5.91 Å². The number of rotatable bonds is 6. The highest BCUT2D eigenvalue weighted by atomic mass is 16.5. The van der Waals surface area contributed by atoms with Gasteiger partial charge in [-0.2, -0.15) is 0 Å². The number of carbonyl (C=O) groups excluding carboxylic acids is 2. The van der Waals surface area contributed by atoms with Gasteiger partial charge in [-0.3, -0.25) is 9.59 Å². The lowest BCUT2D eigenvalue weighted by molar-refractivity contribution is -0.134. The van der Waals surface area contributed by atoms with Crippen LogP contribution in [0.25, 0.3) is 0 Å². The smallest absolute Gasteiger partial charge is 0.255 e. The Morgan fingerprint density at radius 3 is 2.67 bits per heavy atom. The van der Waals surface area contributed by atoms with E-state index in [0.29, 0.717) is 30.8 Å². The zero-order chi connectivity index (χ0) is 21.0. The Hall–Kier alpha value is -3.08. The summed E-state index contributed by atoms with van der Waals surface area (Å²) in [4.78, 5) is 27.6. The van der Waals surface area contributed by atoms with E-state index >= 15 is 0 Å². The number of nitrogens with one attached hydrogen (secondary N) is 1. The number of allylic oxidation sites excluding steroid dienone is 1. The molecule has 1 fully saturated rings. The monoisotopic (exact) mass is 404 g/mol. The number of hydrogen-bond donors (Lipinski definition) is 1. The van der Waals surface area contributed by atoms with Crippen molar-refractivity contribution < 1.29 is 14.3 Å². The van der Waals surface area contributed by atoms with Gasteiger partial charge in [0.1, 0.15) is 5.75 Å². The quantitative estimate of drug-likeness (QED) is 0.781. The van der Waals surface area contributed by atoms with Crippen molar-refractivity contribution in [2.75, 3.05) is 13.7 Å². The Labute approximate surface area is 177 Å². The molecule has 5 nitrogen and oxygen atoms in total. The van der Waals surface area contributed by atoms with E-state index in [9.17, 15) is 9.59 Å². The van der Waals surface area contributed by atoms with Gasteiger partial charge >= 0.3 is 0 Å². The third kappa shape index (κ3) is 3.97. The summed E-state index contributed by atoms with van der Waals surface area (Å²) in [5, 5.41) is 3.13. The van der Waals surface area contributed by atoms with Gasteiger partial charge in [-0.15, -0.1) is 0 Å². The molecule has 2 aromatic rings. The number of methoxy groups -OCH3 is 1. The van der Waals surface area contributed by atoms with Crippen LogP contribution in [0, 0.1) is 5.41 Å². The van der Waals surface area contributed by atoms with Crippen molar-refractivity contribution in [3.63, 3.8) is 0 Å². The molecule has 1 saturated heterocycles. The molecular formula is C25H28N2O3. The molecule has 0 spiro atoms. The second-order valence-corrected chi connectivity index (χ2v) is 8.11. The predicted molar refractivity (Wildman–Crippen MR) is 116 cm³/mol. The minimum atomic E-state index is -0.196. The summed E-state index contributed by atoms with van der Waals surface area (Å²) in [5.74, 6) is 0.591. The minimum Gasteiger partial charge on any atom is -0.496 e. The lowest BCUT2D eigenvalue weighted by atomic mass is 9.69. The number of nitrogens with zero attached hydrogens (tertiary/aromatic N) is 1. The van der Waals surface area contributed by atoms with Crippen molar-refractivity contribution in [2.45, 2.75) is 38.6 Å². The molecular weight excluding hydrogens is 376 g/mol. The third-order valence-corrected chi connectivity index (χ3v) is 6.27. The fourth-order valence-electron chi connectivity index (χ4n) is 4.67. The molecule has 2 aliphatic rings. The van der Waals surface area contributed by atoms with Crippen molar-refractivity contribution in [3.8, 4) is 5.75 Å². The van der Waals surface area contributed by atoms with E-state index in [0.717, 1.165) is 36.9 Å². The largest absolute Gasteiger partial charge is 0.496 e. The second kappa shape index (κ2) is 8.74. The van der Waals surface area contributed by atoms with Gasteiger partial charge in [0.25, 0.3) is 5.91 Å². The molecule has 1 aliphatic carbocycles. The topological polar surface area (TPSA) is 58.6 Å². The zero-order valence-electron chi connectivity index (χ0n) is 17.4. The number of fused-ring (bicyclic) bond motifs is 1. The summed E-state index contributed by atoms with van der Waals surface area (Å²) in [7, 11) is 1.57. The summed E-state index contributed by atoms with van der Waals surface area (Å²) in [6.45, 7) is 1.10. The van der Waals surface area contributed by atoms with Crippen LogP contribution in [0.3, 0.4) is 0 Å². The number of para-hydroxylation sites is 1. The van der Waals surface area contributed by atoms with Crippen LogP contribution in [-0.4, -0.2) is 30.4 Å². The van der Waals surface area contributed by atoms with Crippen molar-refractivity contribution >= 4 is 11.8 Å². The van der Waals surface area contributed by atoms with Gasteiger partial charge in [0.05, 0.1) is 19.2 Å². The first kappa shape index (κ1) is 20.2. The average Bonchev–Trinajstić information content (AvgIpc) is 2.80. The highest BCUT2D eigenvalue weighted by molar-refractivity contribution is 5.97. The number of amides is 2. The van der Waals surface area contributed by atoms with Crippen LogP contribution >= 0.6 is 0 Å². The molecule has 1 unspecified atom stereocenters. The van der Waals surface area contributed by atoms with Gasteiger partial charge < -0.3 is 15.0 Å². The first-order valence-electron chi connectivity index (χ1n) is 10.6. The number of benzene rings is 2. The molecule has 5 heteroatoms. The second-order valence-electron chi connectivity index (χ2n) is 8.11. The molecule has 1 atom stereocenters. The number of carbonyl (C=O) groups is 2. The maximum absolute atomic E-state index is 12.9. The SMILES string of the molecule is COc1ccccc1C(=O)NCC12CCCC=C1N(Cc1ccccc1)C(=O)CC2. The Kier molecular flexibility index (Phi) is 5.88. The Bertz CT molecular complexity index is 954. The van der Waals surface area contributed by atoms with Crippen LogP contribution in [0.2, 0.25) is 0 Å². The standard InChI is InChI=1S/C25H28N2O3/c1-30-21-12-6-5-11-20(21)24(29)26-18-25-15-8-7-13-22(25)27(23(28)14-16-25)17-19-9-3-2-4-10-19/h2-6,9-13H,7-8,14-18H2,1H3,(H,26,29). The molecule has 2 aromatic carbocycles. The predicted octanol–water partition coefficient (Wildman–Crippen LogP) is 4.30. The van der Waals surface area contributed by atoms with Crippen molar-refractivity contribution in [2.24, 2.45) is 5.41 Å². The first-order valence-corrected chi connectivity index (χ1v) is 10.6. The van der Waals surface area contributed by atoms with E-state index in [-0.39, 0.29) is 17.2 Å². The molecule has 156 valence electrons. The summed E-state index contributed by atoms with van der Waals surface area (Å²) >= 11 is 0. The van der Waals surface area contributed by atoms with E-state index in [1.807, 2.05) is 35.2 Å². The number of ether oxygens (including phenoxy) is 1. The molecule has 2 amide bonds. The van der Waals surface area contributed by atoms with Gasteiger partial charge in [-0.1, -0.05) is 48.5 Å². The maximum Gasteiger partial charge on any atom is 0.255 e. The van der Waals surface area contributed by atoms with Crippen LogP contribution in [-0.2, 0) is 11.3 Å². The molecule has 1 aliphatic heterocycles. The Morgan fingerprint density at radius 2 is 1.87 bits per heavy atom. The molecule has 0 aromatic heterocycles. The molecule has 30 heavy (non-hydrogen) atoms. The van der Waals surface area contributed by atoms with Gasteiger partial charge in [0, 0.05) is 24.1 Å². The van der Waals surface area contributed by atoms with Crippen molar-refractivity contribution in [3.05, 3.63) is 77.5 Å². The molecule has 1 heterocycles. The van der Waals surface area contributed by atoms with E-state index in [1.165, 1.54) is 0 Å². The highest BCUT2D eigenvalue weighted by Crippen LogP contribution is 2.46. The van der Waals surface area contributed by atoms with E-state index < -0.39 is 0 Å². The molecule has 0 saturated carbocycles. The normalized spacial score (nSPS) is 20.9. The van der Waals surface area contributed by atoms with Gasteiger partial charge in [-0.05, 0) is 43.4 Å². The number of hydrogen-bond acceptors (Lipinski definition) is 3. The van der Waals surface area contributed by atoms with Gasteiger partial charge in [0.15, 0.2) is 0 Å². The number of piperidine rings is 1. The highest BCUT2D eigenvalue weighted by Gasteiger charge is 2.44. The van der Waals surface area contributed by atoms with Crippen LogP contribution in [0.1, 0.15) is 48.0 Å². The summed E-state index contributed by atoms with van der Waals surface area (Å²) in [6, 6.07) is 17.3. The fourth-order valence-corrected chi connectivity index (χ4v) is 4.67. The molecule has 0 bridgehead atoms. The maximum atomic E-state index is 12.9. The minimum absolute atomic E-state index is 0.141. The molecule has 4 rings (SSSR count). The lowest BCUT2D eigenvalue weighted by Gasteiger charge is -2.47. The van der Waals surface area contributed by atoms with Crippen LogP contribution in [0.15, 0.2) is 66.4 Å². The summed E-state index contributed by atoms with van der Waals surface area (Å²) < 4.78 is 5.34. The van der Waals surface area contributed by atoms with Crippen LogP contribution in [0.4, 0.5) is 0 Å². The van der Waals surface area contributed by atoms with Crippen molar-refractivity contribution in [1.29, 1.82) is 0 Å². The van der Waals surface area contributed by atoms with E-state index in [4.69, 9.17) is 4.74 Å². The number of likely N-dealkylation sites (tertiary alicyclic amines) is 1. The summed E-state index contributed by atoms with van der Waals surface area (Å²) in [5.41, 5.74) is 2.53. The third-order valence-electron chi connectivity index (χ3n) is 6.27. The van der Waals surface area contributed by atoms with Gasteiger partial charge in [-0.25, -0.2) is 0 Å². The summed E-state index contributed by atoms with van der Waals surface area (Å²) in [6.07, 6.45) is 6.50. The Balaban J connectivity index is 1.55. The van der Waals surface area contributed by atoms with Crippen LogP contribution < -0.4 is 10.1 Å².